The van der Waals surface area contributed by atoms with Crippen LogP contribution >= 0.6 is 23.1 Å². The third-order valence-electron chi connectivity index (χ3n) is 4.97. The number of aromatic nitrogens is 4. The van der Waals surface area contributed by atoms with Crippen LogP contribution in [0.4, 0.5) is 0 Å². The van der Waals surface area contributed by atoms with Gasteiger partial charge < -0.3 is 18.8 Å². The molecule has 31 heavy (non-hydrogen) atoms. The number of nitrogens with zero attached hydrogens (tertiary/aromatic N) is 4. The molecule has 1 aliphatic heterocycles. The van der Waals surface area contributed by atoms with Crippen molar-refractivity contribution in [2.75, 3.05) is 13.9 Å². The number of ether oxygens (including phenoxy) is 3. The SMILES string of the molecule is COc1ccc(Cc2nnc(SCc3csc(-c4ccc5c(c4)OCO5)n3)n2C)cc1. The summed E-state index contributed by atoms with van der Waals surface area (Å²) in [4.78, 5) is 4.77. The summed E-state index contributed by atoms with van der Waals surface area (Å²) in [6.07, 6.45) is 0.721. The Morgan fingerprint density at radius 1 is 1.10 bits per heavy atom. The Balaban J connectivity index is 1.23. The van der Waals surface area contributed by atoms with E-state index in [1.165, 1.54) is 5.56 Å². The zero-order chi connectivity index (χ0) is 21.2. The Morgan fingerprint density at radius 2 is 1.94 bits per heavy atom. The maximum atomic E-state index is 5.47. The molecule has 2 aromatic carbocycles. The average molecular weight is 453 g/mol. The van der Waals surface area contributed by atoms with Crippen LogP contribution in [0.5, 0.6) is 17.2 Å². The zero-order valence-corrected chi connectivity index (χ0v) is 18.7. The minimum Gasteiger partial charge on any atom is -0.497 e. The minimum absolute atomic E-state index is 0.275. The number of benzene rings is 2. The van der Waals surface area contributed by atoms with Crippen molar-refractivity contribution in [3.8, 4) is 27.8 Å². The molecule has 5 rings (SSSR count). The number of hydrogen-bond donors (Lipinski definition) is 0. The topological polar surface area (TPSA) is 71.3 Å². The normalized spacial score (nSPS) is 12.3. The van der Waals surface area contributed by atoms with Crippen molar-refractivity contribution in [1.29, 1.82) is 0 Å². The van der Waals surface area contributed by atoms with Crippen molar-refractivity contribution in [1.82, 2.24) is 19.7 Å². The van der Waals surface area contributed by atoms with E-state index < -0.39 is 0 Å². The molecule has 0 spiro atoms. The standard InChI is InChI=1S/C22H20N4O3S2/c1-26-20(9-14-3-6-17(27-2)7-4-14)24-25-22(26)31-12-16-11-30-21(23-16)15-5-8-18-19(10-15)29-13-28-18/h3-8,10-11H,9,12-13H2,1-2H3. The molecule has 2 aromatic heterocycles. The molecular formula is C22H20N4O3S2. The first kappa shape index (κ1) is 19.9. The molecule has 0 N–H and O–H groups in total. The molecule has 4 aromatic rings. The Bertz CT molecular complexity index is 1200. The molecular weight excluding hydrogens is 432 g/mol. The van der Waals surface area contributed by atoms with E-state index in [-0.39, 0.29) is 6.79 Å². The van der Waals surface area contributed by atoms with Gasteiger partial charge in [0.2, 0.25) is 6.79 Å². The second kappa shape index (κ2) is 8.60. The molecule has 0 atom stereocenters. The monoisotopic (exact) mass is 452 g/mol. The Morgan fingerprint density at radius 3 is 2.77 bits per heavy atom. The molecule has 0 radical (unpaired) electrons. The van der Waals surface area contributed by atoms with Gasteiger partial charge in [-0.2, -0.15) is 0 Å². The number of rotatable bonds is 7. The van der Waals surface area contributed by atoms with Gasteiger partial charge in [-0.15, -0.1) is 21.5 Å². The highest BCUT2D eigenvalue weighted by Gasteiger charge is 2.16. The third-order valence-corrected chi connectivity index (χ3v) is 6.96. The zero-order valence-electron chi connectivity index (χ0n) is 17.1. The second-order valence-electron chi connectivity index (χ2n) is 6.98. The van der Waals surface area contributed by atoms with Gasteiger partial charge in [0.05, 0.1) is 12.8 Å². The summed E-state index contributed by atoms with van der Waals surface area (Å²) in [6.45, 7) is 0.275. The van der Waals surface area contributed by atoms with Gasteiger partial charge in [-0.25, -0.2) is 4.98 Å². The van der Waals surface area contributed by atoms with Gasteiger partial charge in [0.25, 0.3) is 0 Å². The van der Waals surface area contributed by atoms with Crippen LogP contribution in [0.2, 0.25) is 0 Å². The first-order chi connectivity index (χ1) is 15.2. The summed E-state index contributed by atoms with van der Waals surface area (Å²) in [7, 11) is 3.67. The van der Waals surface area contributed by atoms with Gasteiger partial charge in [-0.05, 0) is 35.9 Å². The molecule has 0 unspecified atom stereocenters. The van der Waals surface area contributed by atoms with Crippen LogP contribution in [-0.4, -0.2) is 33.7 Å². The highest BCUT2D eigenvalue weighted by molar-refractivity contribution is 7.98. The van der Waals surface area contributed by atoms with Crippen LogP contribution in [0.3, 0.4) is 0 Å². The van der Waals surface area contributed by atoms with E-state index in [2.05, 4.69) is 15.6 Å². The van der Waals surface area contributed by atoms with Crippen molar-refractivity contribution < 1.29 is 14.2 Å². The molecule has 158 valence electrons. The van der Waals surface area contributed by atoms with Crippen molar-refractivity contribution in [3.05, 3.63) is 64.9 Å². The molecule has 0 aliphatic carbocycles. The highest BCUT2D eigenvalue weighted by atomic mass is 32.2. The van der Waals surface area contributed by atoms with Crippen LogP contribution < -0.4 is 14.2 Å². The molecule has 0 saturated heterocycles. The summed E-state index contributed by atoms with van der Waals surface area (Å²) in [5.74, 6) is 4.06. The summed E-state index contributed by atoms with van der Waals surface area (Å²) < 4.78 is 18.1. The Labute approximate surface area is 188 Å². The van der Waals surface area contributed by atoms with Crippen LogP contribution in [0.15, 0.2) is 53.0 Å². The minimum atomic E-state index is 0.275. The van der Waals surface area contributed by atoms with E-state index in [9.17, 15) is 0 Å². The maximum Gasteiger partial charge on any atom is 0.231 e. The lowest BCUT2D eigenvalue weighted by Crippen LogP contribution is -2.00. The number of hydrogen-bond acceptors (Lipinski definition) is 8. The predicted molar refractivity (Wildman–Crippen MR) is 120 cm³/mol. The van der Waals surface area contributed by atoms with Gasteiger partial charge in [0.15, 0.2) is 16.7 Å². The number of thiazole rings is 1. The highest BCUT2D eigenvalue weighted by Crippen LogP contribution is 2.37. The smallest absolute Gasteiger partial charge is 0.231 e. The van der Waals surface area contributed by atoms with E-state index in [1.54, 1.807) is 30.2 Å². The largest absolute Gasteiger partial charge is 0.497 e. The van der Waals surface area contributed by atoms with Crippen molar-refractivity contribution in [2.45, 2.75) is 17.3 Å². The van der Waals surface area contributed by atoms with Crippen molar-refractivity contribution in [2.24, 2.45) is 7.05 Å². The summed E-state index contributed by atoms with van der Waals surface area (Å²) in [6, 6.07) is 13.9. The third kappa shape index (κ3) is 4.24. The average Bonchev–Trinajstić information content (AvgIpc) is 3.53. The fraction of sp³-hybridized carbons (Fsp3) is 0.227. The predicted octanol–water partition coefficient (Wildman–Crippen LogP) is 4.56. The van der Waals surface area contributed by atoms with E-state index >= 15 is 0 Å². The van der Waals surface area contributed by atoms with Gasteiger partial charge in [-0.3, -0.25) is 0 Å². The van der Waals surface area contributed by atoms with Gasteiger partial charge in [0.1, 0.15) is 16.6 Å². The lowest BCUT2D eigenvalue weighted by molar-refractivity contribution is 0.174. The van der Waals surface area contributed by atoms with Gasteiger partial charge in [0, 0.05) is 30.2 Å². The molecule has 0 bridgehead atoms. The molecule has 9 heteroatoms. The summed E-state index contributed by atoms with van der Waals surface area (Å²) in [5.41, 5.74) is 3.22. The Hall–Kier alpha value is -3.04. The van der Waals surface area contributed by atoms with Crippen LogP contribution in [0.1, 0.15) is 17.1 Å². The lowest BCUT2D eigenvalue weighted by atomic mass is 10.1. The molecule has 0 fully saturated rings. The molecule has 0 amide bonds. The number of methoxy groups -OCH3 is 1. The second-order valence-corrected chi connectivity index (χ2v) is 8.78. The van der Waals surface area contributed by atoms with E-state index in [4.69, 9.17) is 19.2 Å². The van der Waals surface area contributed by atoms with Gasteiger partial charge in [-0.1, -0.05) is 23.9 Å². The molecule has 1 aliphatic rings. The molecule has 3 heterocycles. The summed E-state index contributed by atoms with van der Waals surface area (Å²) in [5, 5.41) is 12.7. The first-order valence-electron chi connectivity index (χ1n) is 9.68. The van der Waals surface area contributed by atoms with Crippen LogP contribution in [-0.2, 0) is 19.2 Å². The Kier molecular flexibility index (Phi) is 5.52. The fourth-order valence-electron chi connectivity index (χ4n) is 3.22. The summed E-state index contributed by atoms with van der Waals surface area (Å²) >= 11 is 3.26. The molecule has 0 saturated carbocycles. The number of thioether (sulfide) groups is 1. The van der Waals surface area contributed by atoms with E-state index in [1.807, 2.05) is 54.1 Å². The quantitative estimate of drug-likeness (QED) is 0.381. The van der Waals surface area contributed by atoms with E-state index in [0.29, 0.717) is 0 Å². The van der Waals surface area contributed by atoms with Crippen LogP contribution in [0.25, 0.3) is 10.6 Å². The fourth-order valence-corrected chi connectivity index (χ4v) is 4.97. The maximum absolute atomic E-state index is 5.47. The van der Waals surface area contributed by atoms with Crippen LogP contribution in [0, 0.1) is 0 Å². The van der Waals surface area contributed by atoms with E-state index in [0.717, 1.165) is 56.7 Å². The first-order valence-corrected chi connectivity index (χ1v) is 11.5. The lowest BCUT2D eigenvalue weighted by Gasteiger charge is -2.05. The van der Waals surface area contributed by atoms with Crippen molar-refractivity contribution >= 4 is 23.1 Å². The van der Waals surface area contributed by atoms with Crippen molar-refractivity contribution in [3.63, 3.8) is 0 Å². The molecule has 7 nitrogen and oxygen atoms in total. The van der Waals surface area contributed by atoms with Gasteiger partial charge >= 0.3 is 0 Å². The number of fused-ring (bicyclic) bond motifs is 1.